The monoisotopic (exact) mass is 466 g/mol. The first-order valence-corrected chi connectivity index (χ1v) is 11.5. The van der Waals surface area contributed by atoms with Crippen LogP contribution in [0.4, 0.5) is 0 Å². The van der Waals surface area contributed by atoms with E-state index >= 15 is 0 Å². The van der Waals surface area contributed by atoms with Crippen molar-refractivity contribution in [3.63, 3.8) is 0 Å². The minimum Gasteiger partial charge on any atom is -0.478 e. The molecule has 2 aromatic carbocycles. The number of aryl methyl sites for hydroxylation is 2. The second-order valence-electron chi connectivity index (χ2n) is 8.04. The Morgan fingerprint density at radius 1 is 1.18 bits per heavy atom. The van der Waals surface area contributed by atoms with Crippen molar-refractivity contribution in [2.45, 2.75) is 45.6 Å². The Bertz CT molecular complexity index is 1170. The number of hydrogen-bond acceptors (Lipinski definition) is 4. The highest BCUT2D eigenvalue weighted by molar-refractivity contribution is 6.31. The smallest absolute Gasteiger partial charge is 0.331 e. The van der Waals surface area contributed by atoms with Crippen LogP contribution in [0.2, 0.25) is 5.02 Å². The highest BCUT2D eigenvalue weighted by Crippen LogP contribution is 2.33. The number of hydrogen-bond donors (Lipinski definition) is 1. The van der Waals surface area contributed by atoms with Gasteiger partial charge in [0.25, 0.3) is 0 Å². The second kappa shape index (κ2) is 10.6. The maximum atomic E-state index is 12.1. The minimum absolute atomic E-state index is 0.217. The van der Waals surface area contributed by atoms with Crippen molar-refractivity contribution in [3.8, 4) is 11.5 Å². The number of fused-ring (bicyclic) bond motifs is 1. The molecule has 1 aliphatic rings. The van der Waals surface area contributed by atoms with Gasteiger partial charge in [0.2, 0.25) is 6.79 Å². The number of halogens is 1. The summed E-state index contributed by atoms with van der Waals surface area (Å²) in [6.07, 6.45) is 7.35. The highest BCUT2D eigenvalue weighted by atomic mass is 35.5. The number of aromatic nitrogens is 2. The van der Waals surface area contributed by atoms with E-state index in [0.29, 0.717) is 35.7 Å². The summed E-state index contributed by atoms with van der Waals surface area (Å²) in [5, 5.41) is 10.6. The van der Waals surface area contributed by atoms with Crippen molar-refractivity contribution in [1.29, 1.82) is 0 Å². The molecule has 3 aromatic rings. The number of carboxylic acid groups (broad SMARTS) is 1. The standard InChI is InChI=1S/C26H27ClN2O4/c1-2-3-8-25-28-15-21(29(25)16-20-6-4-5-7-22(20)27)14-19(26(30)31)11-9-18-10-12-23-24(13-18)33-17-32-23/h4-7,10,12-15H,2-3,8-9,11,16-17H2,1H3,(H,30,31). The first-order valence-electron chi connectivity index (χ1n) is 11.2. The lowest BCUT2D eigenvalue weighted by atomic mass is 10.0. The van der Waals surface area contributed by atoms with Crippen molar-refractivity contribution >= 4 is 23.6 Å². The molecule has 6 nitrogen and oxygen atoms in total. The Hall–Kier alpha value is -3.25. The first-order chi connectivity index (χ1) is 16.0. The van der Waals surface area contributed by atoms with Gasteiger partial charge in [0.05, 0.1) is 18.4 Å². The van der Waals surface area contributed by atoms with Gasteiger partial charge in [0.15, 0.2) is 11.5 Å². The third-order valence-corrected chi connectivity index (χ3v) is 6.09. The molecule has 4 rings (SSSR count). The fourth-order valence-electron chi connectivity index (χ4n) is 3.85. The van der Waals surface area contributed by atoms with Gasteiger partial charge in [-0.2, -0.15) is 0 Å². The largest absolute Gasteiger partial charge is 0.478 e. The number of benzene rings is 2. The van der Waals surface area contributed by atoms with E-state index in [0.717, 1.165) is 47.7 Å². The first kappa shape index (κ1) is 22.9. The zero-order valence-corrected chi connectivity index (χ0v) is 19.3. The lowest BCUT2D eigenvalue weighted by Crippen LogP contribution is -2.09. The van der Waals surface area contributed by atoms with Gasteiger partial charge in [0, 0.05) is 17.0 Å². The van der Waals surface area contributed by atoms with Crippen LogP contribution >= 0.6 is 11.6 Å². The maximum Gasteiger partial charge on any atom is 0.331 e. The van der Waals surface area contributed by atoms with Crippen LogP contribution in [0.5, 0.6) is 11.5 Å². The van der Waals surface area contributed by atoms with Gasteiger partial charge >= 0.3 is 5.97 Å². The summed E-state index contributed by atoms with van der Waals surface area (Å²) in [6, 6.07) is 13.4. The quantitative estimate of drug-likeness (QED) is 0.385. The molecule has 0 bridgehead atoms. The maximum absolute atomic E-state index is 12.1. The zero-order valence-electron chi connectivity index (χ0n) is 18.6. The van der Waals surface area contributed by atoms with Crippen LogP contribution < -0.4 is 9.47 Å². The van der Waals surface area contributed by atoms with Crippen LogP contribution in [0.15, 0.2) is 54.2 Å². The lowest BCUT2D eigenvalue weighted by Gasteiger charge is -2.12. The van der Waals surface area contributed by atoms with Crippen LogP contribution in [0.1, 0.15) is 48.8 Å². The van der Waals surface area contributed by atoms with E-state index in [1.165, 1.54) is 0 Å². The van der Waals surface area contributed by atoms with Gasteiger partial charge in [0.1, 0.15) is 5.82 Å². The average Bonchev–Trinajstić information content (AvgIpc) is 3.43. The number of nitrogens with zero attached hydrogens (tertiary/aromatic N) is 2. The fourth-order valence-corrected chi connectivity index (χ4v) is 4.05. The summed E-state index contributed by atoms with van der Waals surface area (Å²) >= 11 is 6.40. The summed E-state index contributed by atoms with van der Waals surface area (Å²) in [7, 11) is 0. The molecule has 0 atom stereocenters. The Labute approximate surface area is 198 Å². The van der Waals surface area contributed by atoms with Gasteiger partial charge in [-0.1, -0.05) is 49.2 Å². The van der Waals surface area contributed by atoms with Crippen LogP contribution in [0.3, 0.4) is 0 Å². The third-order valence-electron chi connectivity index (χ3n) is 5.73. The van der Waals surface area contributed by atoms with Crippen molar-refractivity contribution in [2.24, 2.45) is 0 Å². The number of unbranched alkanes of at least 4 members (excludes halogenated alkanes) is 1. The van der Waals surface area contributed by atoms with Gasteiger partial charge in [-0.05, 0) is 54.7 Å². The van der Waals surface area contributed by atoms with Gasteiger partial charge in [-0.15, -0.1) is 0 Å². The summed E-state index contributed by atoms with van der Waals surface area (Å²) in [6.45, 7) is 2.90. The third kappa shape index (κ3) is 5.57. The summed E-state index contributed by atoms with van der Waals surface area (Å²) in [5.74, 6) is 1.42. The Kier molecular flexibility index (Phi) is 7.35. The predicted molar refractivity (Wildman–Crippen MR) is 128 cm³/mol. The Morgan fingerprint density at radius 3 is 2.79 bits per heavy atom. The summed E-state index contributed by atoms with van der Waals surface area (Å²) in [4.78, 5) is 16.7. The average molecular weight is 467 g/mol. The number of carbonyl (C=O) groups is 1. The molecule has 0 spiro atoms. The van der Waals surface area contributed by atoms with Gasteiger partial charge in [-0.3, -0.25) is 0 Å². The summed E-state index contributed by atoms with van der Waals surface area (Å²) in [5.41, 5.74) is 3.07. The molecule has 0 fully saturated rings. The predicted octanol–water partition coefficient (Wildman–Crippen LogP) is 5.76. The van der Waals surface area contributed by atoms with E-state index in [1.807, 2.05) is 42.5 Å². The number of aliphatic carboxylic acids is 1. The minimum atomic E-state index is -0.934. The molecule has 0 unspecified atom stereocenters. The number of imidazole rings is 1. The molecule has 1 N–H and O–H groups in total. The number of ether oxygens (including phenoxy) is 2. The van der Waals surface area contributed by atoms with E-state index in [4.69, 9.17) is 21.1 Å². The molecule has 33 heavy (non-hydrogen) atoms. The van der Waals surface area contributed by atoms with Crippen molar-refractivity contribution in [1.82, 2.24) is 9.55 Å². The topological polar surface area (TPSA) is 73.6 Å². The van der Waals surface area contributed by atoms with E-state index in [9.17, 15) is 9.90 Å². The molecule has 2 heterocycles. The lowest BCUT2D eigenvalue weighted by molar-refractivity contribution is -0.132. The Balaban J connectivity index is 1.59. The molecule has 0 saturated heterocycles. The molecule has 0 amide bonds. The van der Waals surface area contributed by atoms with E-state index in [2.05, 4.69) is 16.5 Å². The van der Waals surface area contributed by atoms with Crippen molar-refractivity contribution in [3.05, 3.63) is 81.9 Å². The van der Waals surface area contributed by atoms with Gasteiger partial charge in [-0.25, -0.2) is 9.78 Å². The van der Waals surface area contributed by atoms with Crippen molar-refractivity contribution < 1.29 is 19.4 Å². The van der Waals surface area contributed by atoms with Crippen LogP contribution in [-0.4, -0.2) is 27.4 Å². The van der Waals surface area contributed by atoms with Crippen LogP contribution in [0.25, 0.3) is 6.08 Å². The summed E-state index contributed by atoms with van der Waals surface area (Å²) < 4.78 is 12.9. The molecular weight excluding hydrogens is 440 g/mol. The van der Waals surface area contributed by atoms with Crippen LogP contribution in [0, 0.1) is 0 Å². The van der Waals surface area contributed by atoms with E-state index in [1.54, 1.807) is 12.3 Å². The molecule has 7 heteroatoms. The van der Waals surface area contributed by atoms with Gasteiger partial charge < -0.3 is 19.1 Å². The molecule has 172 valence electrons. The fraction of sp³-hybridized carbons (Fsp3) is 0.308. The zero-order chi connectivity index (χ0) is 23.2. The molecule has 1 aromatic heterocycles. The number of carboxylic acids is 1. The van der Waals surface area contributed by atoms with Crippen LogP contribution in [-0.2, 0) is 24.2 Å². The molecular formula is C26H27ClN2O4. The molecule has 0 aliphatic carbocycles. The SMILES string of the molecule is CCCCc1ncc(C=C(CCc2ccc3c(c2)OCO3)C(=O)O)n1Cc1ccccc1Cl. The normalized spacial score (nSPS) is 12.8. The van der Waals surface area contributed by atoms with E-state index in [-0.39, 0.29) is 6.79 Å². The molecule has 1 aliphatic heterocycles. The molecule has 0 radical (unpaired) electrons. The van der Waals surface area contributed by atoms with Crippen molar-refractivity contribution in [2.75, 3.05) is 6.79 Å². The highest BCUT2D eigenvalue weighted by Gasteiger charge is 2.16. The molecule has 0 saturated carbocycles. The van der Waals surface area contributed by atoms with E-state index < -0.39 is 5.97 Å². The number of rotatable bonds is 10. The second-order valence-corrected chi connectivity index (χ2v) is 8.45. The Morgan fingerprint density at radius 2 is 2.00 bits per heavy atom.